The van der Waals surface area contributed by atoms with E-state index in [1.807, 2.05) is 23.1 Å². The summed E-state index contributed by atoms with van der Waals surface area (Å²) in [5.74, 6) is 0.959. The Morgan fingerprint density at radius 3 is 2.36 bits per heavy atom. The van der Waals surface area contributed by atoms with Crippen LogP contribution in [0.1, 0.15) is 11.1 Å². The van der Waals surface area contributed by atoms with Gasteiger partial charge < -0.3 is 25.7 Å². The van der Waals surface area contributed by atoms with E-state index in [4.69, 9.17) is 23.2 Å². The maximum Gasteiger partial charge on any atom is 0.260 e. The van der Waals surface area contributed by atoms with Gasteiger partial charge in [-0.25, -0.2) is 0 Å². The molecule has 2 fully saturated rings. The first-order valence-electron chi connectivity index (χ1n) is 10.1. The van der Waals surface area contributed by atoms with Crippen molar-refractivity contribution in [1.82, 2.24) is 9.80 Å². The van der Waals surface area contributed by atoms with Crippen LogP contribution in [0.15, 0.2) is 47.4 Å². The highest BCUT2D eigenvalue weighted by molar-refractivity contribution is 8.04. The van der Waals surface area contributed by atoms with Gasteiger partial charge in [-0.1, -0.05) is 47.5 Å². The van der Waals surface area contributed by atoms with Gasteiger partial charge in [0.2, 0.25) is 0 Å². The van der Waals surface area contributed by atoms with Gasteiger partial charge in [0, 0.05) is 50.7 Å². The van der Waals surface area contributed by atoms with Gasteiger partial charge in [0.1, 0.15) is 0 Å². The average Bonchev–Trinajstić information content (AvgIpc) is 2.75. The maximum absolute atomic E-state index is 13.2. The highest BCUT2D eigenvalue weighted by Crippen LogP contribution is 2.31. The molecule has 2 heterocycles. The fraction of sp³-hybridized carbons (Fsp3) is 0.348. The molecule has 1 amide bonds. The van der Waals surface area contributed by atoms with Gasteiger partial charge in [-0.2, -0.15) is 0 Å². The Hall–Kier alpha value is -1.45. The molecule has 33 heavy (non-hydrogen) atoms. The number of rotatable bonds is 4. The van der Waals surface area contributed by atoms with Gasteiger partial charge in [0.05, 0.1) is 15.0 Å². The summed E-state index contributed by atoms with van der Waals surface area (Å²) in [6.07, 6.45) is 2.06. The quantitative estimate of drug-likeness (QED) is 0.560. The topological polar surface area (TPSA) is 89.8 Å². The SMILES string of the molecule is CN1CCN(c2ccccc2/C=C2\SCCN(Cc3ccc(Cl)c(Cl)c3)C2=O)CC1.Cl.O.O. The fourth-order valence-electron chi connectivity index (χ4n) is 3.78. The number of anilines is 1. The first kappa shape index (κ1) is 29.6. The molecule has 182 valence electrons. The van der Waals surface area contributed by atoms with E-state index in [0.29, 0.717) is 16.6 Å². The minimum Gasteiger partial charge on any atom is -0.412 e. The molecule has 2 aromatic carbocycles. The van der Waals surface area contributed by atoms with Gasteiger partial charge >= 0.3 is 0 Å². The van der Waals surface area contributed by atoms with E-state index >= 15 is 0 Å². The molecule has 2 aliphatic heterocycles. The first-order chi connectivity index (χ1) is 14.5. The lowest BCUT2D eigenvalue weighted by Gasteiger charge is -2.35. The van der Waals surface area contributed by atoms with E-state index in [1.54, 1.807) is 17.8 Å². The zero-order chi connectivity index (χ0) is 21.1. The summed E-state index contributed by atoms with van der Waals surface area (Å²) < 4.78 is 0. The summed E-state index contributed by atoms with van der Waals surface area (Å²) in [5, 5.41) is 1.05. The zero-order valence-electron chi connectivity index (χ0n) is 18.4. The number of carbonyl (C=O) groups is 1. The molecule has 0 aliphatic carbocycles. The number of para-hydroxylation sites is 1. The van der Waals surface area contributed by atoms with Crippen LogP contribution < -0.4 is 4.90 Å². The van der Waals surface area contributed by atoms with E-state index in [9.17, 15) is 4.79 Å². The molecule has 0 unspecified atom stereocenters. The predicted octanol–water partition coefficient (Wildman–Crippen LogP) is 3.63. The Morgan fingerprint density at radius 2 is 1.67 bits per heavy atom. The van der Waals surface area contributed by atoms with Crippen molar-refractivity contribution in [3.8, 4) is 0 Å². The van der Waals surface area contributed by atoms with Crippen molar-refractivity contribution in [1.29, 1.82) is 0 Å². The highest BCUT2D eigenvalue weighted by Gasteiger charge is 2.25. The number of nitrogens with zero attached hydrogens (tertiary/aromatic N) is 3. The second-order valence-corrected chi connectivity index (χ2v) is 9.63. The average molecular weight is 535 g/mol. The Bertz CT molecular complexity index is 969. The van der Waals surface area contributed by atoms with Crippen LogP contribution in [0, 0.1) is 0 Å². The number of halogens is 3. The van der Waals surface area contributed by atoms with Crippen molar-refractivity contribution in [3.05, 3.63) is 68.5 Å². The smallest absolute Gasteiger partial charge is 0.260 e. The maximum atomic E-state index is 13.2. The molecule has 0 spiro atoms. The van der Waals surface area contributed by atoms with Crippen LogP contribution in [0.4, 0.5) is 5.69 Å². The second kappa shape index (κ2) is 13.4. The summed E-state index contributed by atoms with van der Waals surface area (Å²) in [6, 6.07) is 13.9. The van der Waals surface area contributed by atoms with Crippen LogP contribution in [0.2, 0.25) is 10.0 Å². The van der Waals surface area contributed by atoms with E-state index in [0.717, 1.165) is 54.5 Å². The van der Waals surface area contributed by atoms with Crippen molar-refractivity contribution < 1.29 is 15.7 Å². The summed E-state index contributed by atoms with van der Waals surface area (Å²) >= 11 is 13.8. The minimum atomic E-state index is 0. The van der Waals surface area contributed by atoms with Crippen LogP contribution in [-0.2, 0) is 11.3 Å². The molecule has 0 radical (unpaired) electrons. The monoisotopic (exact) mass is 533 g/mol. The number of thioether (sulfide) groups is 1. The molecule has 10 heteroatoms. The number of likely N-dealkylation sites (N-methyl/N-ethyl adjacent to an activating group) is 1. The largest absolute Gasteiger partial charge is 0.412 e. The molecule has 2 aliphatic rings. The second-order valence-electron chi connectivity index (χ2n) is 7.68. The van der Waals surface area contributed by atoms with Crippen LogP contribution >= 0.6 is 47.4 Å². The number of hydrogen-bond donors (Lipinski definition) is 0. The Labute approximate surface area is 215 Å². The summed E-state index contributed by atoms with van der Waals surface area (Å²) in [5.41, 5.74) is 3.30. The molecular weight excluding hydrogens is 505 g/mol. The van der Waals surface area contributed by atoms with Crippen molar-refractivity contribution in [3.63, 3.8) is 0 Å². The lowest BCUT2D eigenvalue weighted by atomic mass is 10.1. The van der Waals surface area contributed by atoms with Crippen LogP contribution in [-0.4, -0.2) is 72.2 Å². The van der Waals surface area contributed by atoms with E-state index in [1.165, 1.54) is 5.69 Å². The van der Waals surface area contributed by atoms with Crippen molar-refractivity contribution in [2.24, 2.45) is 0 Å². The van der Waals surface area contributed by atoms with Crippen LogP contribution in [0.3, 0.4) is 0 Å². The molecular formula is C23H30Cl3N3O3S. The molecule has 2 saturated heterocycles. The molecule has 0 bridgehead atoms. The standard InChI is InChI=1S/C23H25Cl2N3OS.ClH.2H2O/c1-26-8-10-27(11-9-26)21-5-3-2-4-18(21)15-22-23(29)28(12-13-30-22)16-17-6-7-19(24)20(25)14-17;;;/h2-7,14-15H,8-13,16H2,1H3;1H;2*1H2/b22-15-;;;. The molecule has 0 aromatic heterocycles. The minimum absolute atomic E-state index is 0. The van der Waals surface area contributed by atoms with E-state index < -0.39 is 0 Å². The van der Waals surface area contributed by atoms with Crippen molar-refractivity contribution in [2.45, 2.75) is 6.54 Å². The third-order valence-electron chi connectivity index (χ3n) is 5.54. The number of amides is 1. The van der Waals surface area contributed by atoms with Gasteiger partial charge in [-0.3, -0.25) is 4.79 Å². The molecule has 4 rings (SSSR count). The van der Waals surface area contributed by atoms with Gasteiger partial charge in [0.25, 0.3) is 5.91 Å². The lowest BCUT2D eigenvalue weighted by molar-refractivity contribution is -0.126. The van der Waals surface area contributed by atoms with Crippen molar-refractivity contribution in [2.75, 3.05) is 50.4 Å². The van der Waals surface area contributed by atoms with Crippen molar-refractivity contribution >= 4 is 65.0 Å². The lowest BCUT2D eigenvalue weighted by Crippen LogP contribution is -2.44. The van der Waals surface area contributed by atoms with Gasteiger partial charge in [-0.15, -0.1) is 24.2 Å². The molecule has 6 nitrogen and oxygen atoms in total. The number of hydrogen-bond acceptors (Lipinski definition) is 4. The predicted molar refractivity (Wildman–Crippen MR) is 143 cm³/mol. The normalized spacial score (nSPS) is 17.8. The molecule has 0 atom stereocenters. The van der Waals surface area contributed by atoms with E-state index in [2.05, 4.69) is 41.1 Å². The molecule has 4 N–H and O–H groups in total. The highest BCUT2D eigenvalue weighted by atomic mass is 35.5. The number of carbonyl (C=O) groups excluding carboxylic acids is 1. The molecule has 0 saturated carbocycles. The molecule has 2 aromatic rings. The zero-order valence-corrected chi connectivity index (χ0v) is 21.5. The first-order valence-corrected chi connectivity index (χ1v) is 11.9. The Balaban J connectivity index is 0.00000181. The Morgan fingerprint density at radius 1 is 0.970 bits per heavy atom. The van der Waals surface area contributed by atoms with Gasteiger partial charge in [-0.05, 0) is 42.4 Å². The summed E-state index contributed by atoms with van der Waals surface area (Å²) in [4.78, 5) is 20.6. The summed E-state index contributed by atoms with van der Waals surface area (Å²) in [7, 11) is 2.16. The Kier molecular flexibility index (Phi) is 12.0. The third kappa shape index (κ3) is 7.26. The van der Waals surface area contributed by atoms with Crippen LogP contribution in [0.25, 0.3) is 6.08 Å². The van der Waals surface area contributed by atoms with E-state index in [-0.39, 0.29) is 29.3 Å². The number of benzene rings is 2. The summed E-state index contributed by atoms with van der Waals surface area (Å²) in [6.45, 7) is 5.36. The fourth-order valence-corrected chi connectivity index (χ4v) is 5.10. The third-order valence-corrected chi connectivity index (χ3v) is 7.27. The van der Waals surface area contributed by atoms with Gasteiger partial charge in [0.15, 0.2) is 0 Å². The van der Waals surface area contributed by atoms with Crippen LogP contribution in [0.5, 0.6) is 0 Å². The number of piperazine rings is 1.